The molecule has 0 spiro atoms. The van der Waals surface area contributed by atoms with Crippen molar-refractivity contribution in [3.05, 3.63) is 23.8 Å². The third-order valence-electron chi connectivity index (χ3n) is 6.46. The Bertz CT molecular complexity index is 697. The van der Waals surface area contributed by atoms with E-state index in [1.165, 1.54) is 5.56 Å². The van der Waals surface area contributed by atoms with Crippen LogP contribution in [-0.2, 0) is 20.5 Å². The zero-order valence-electron chi connectivity index (χ0n) is 21.6. The van der Waals surface area contributed by atoms with Crippen LogP contribution in [0.4, 0.5) is 0 Å². The highest BCUT2D eigenvalue weighted by atomic mass is 31.0. The molecule has 0 bridgehead atoms. The maximum absolute atomic E-state index is 12.1. The van der Waals surface area contributed by atoms with Crippen LogP contribution in [0.1, 0.15) is 59.4 Å². The fourth-order valence-corrected chi connectivity index (χ4v) is 4.54. The van der Waals surface area contributed by atoms with Crippen LogP contribution >= 0.6 is 9.47 Å². The zero-order chi connectivity index (χ0) is 25.0. The second-order valence-electron chi connectivity index (χ2n) is 9.66. The first-order valence-corrected chi connectivity index (χ1v) is 12.5. The minimum absolute atomic E-state index is 0.0431. The Balaban J connectivity index is 2.91. The third-order valence-corrected chi connectivity index (χ3v) is 6.81. The topological polar surface area (TPSA) is 80.0 Å². The molecule has 0 aliphatic heterocycles. The SMILES string of the molecule is COCCCOc1cc(C[C@@H](C[C@H](N)[C@H](C[C@H](C(C)=O)C(C)C)OP)C(C)C)ccc1OC. The molecular weight excluding hydrogens is 437 g/mol. The van der Waals surface area contributed by atoms with Gasteiger partial charge in [-0.1, -0.05) is 33.8 Å². The molecule has 0 saturated carbocycles. The maximum atomic E-state index is 12.1. The molecule has 0 fully saturated rings. The summed E-state index contributed by atoms with van der Waals surface area (Å²) in [7, 11) is 5.69. The molecule has 190 valence electrons. The van der Waals surface area contributed by atoms with Crippen molar-refractivity contribution in [1.29, 1.82) is 0 Å². The summed E-state index contributed by atoms with van der Waals surface area (Å²) in [5.41, 5.74) is 7.82. The van der Waals surface area contributed by atoms with Crippen LogP contribution in [-0.4, -0.2) is 45.4 Å². The molecule has 6 nitrogen and oxygen atoms in total. The normalized spacial score (nSPS) is 15.4. The van der Waals surface area contributed by atoms with E-state index in [4.69, 9.17) is 24.5 Å². The van der Waals surface area contributed by atoms with Gasteiger partial charge in [-0.2, -0.15) is 0 Å². The predicted molar refractivity (Wildman–Crippen MR) is 138 cm³/mol. The van der Waals surface area contributed by atoms with Crippen LogP contribution in [0.25, 0.3) is 0 Å². The maximum Gasteiger partial charge on any atom is 0.161 e. The van der Waals surface area contributed by atoms with Crippen molar-refractivity contribution in [3.63, 3.8) is 0 Å². The summed E-state index contributed by atoms with van der Waals surface area (Å²) in [6.45, 7) is 11.5. The van der Waals surface area contributed by atoms with E-state index < -0.39 is 0 Å². The number of rotatable bonds is 17. The average Bonchev–Trinajstić information content (AvgIpc) is 2.76. The van der Waals surface area contributed by atoms with Gasteiger partial charge in [0.15, 0.2) is 11.5 Å². The number of carbonyl (C=O) groups excluding carboxylic acids is 1. The van der Waals surface area contributed by atoms with Gasteiger partial charge in [-0.15, -0.1) is 0 Å². The van der Waals surface area contributed by atoms with Crippen molar-refractivity contribution in [2.24, 2.45) is 29.4 Å². The lowest BCUT2D eigenvalue weighted by Crippen LogP contribution is -2.40. The van der Waals surface area contributed by atoms with Crippen molar-refractivity contribution >= 4 is 15.2 Å². The molecule has 0 amide bonds. The molecule has 5 atom stereocenters. The van der Waals surface area contributed by atoms with Gasteiger partial charge in [0.2, 0.25) is 0 Å². The van der Waals surface area contributed by atoms with Gasteiger partial charge in [0.1, 0.15) is 5.78 Å². The zero-order valence-corrected chi connectivity index (χ0v) is 22.8. The van der Waals surface area contributed by atoms with E-state index in [-0.39, 0.29) is 29.8 Å². The van der Waals surface area contributed by atoms with Crippen LogP contribution in [0.3, 0.4) is 0 Å². The highest BCUT2D eigenvalue weighted by molar-refractivity contribution is 7.09. The number of ketones is 1. The summed E-state index contributed by atoms with van der Waals surface area (Å²) in [6.07, 6.45) is 2.98. The van der Waals surface area contributed by atoms with E-state index in [1.807, 2.05) is 6.07 Å². The Morgan fingerprint density at radius 3 is 2.24 bits per heavy atom. The molecule has 7 heteroatoms. The van der Waals surface area contributed by atoms with E-state index in [2.05, 4.69) is 49.3 Å². The molecule has 1 unspecified atom stereocenters. The van der Waals surface area contributed by atoms with Gasteiger partial charge < -0.3 is 24.5 Å². The number of ether oxygens (including phenoxy) is 3. The Kier molecular flexibility index (Phi) is 14.2. The molecule has 0 saturated heterocycles. The first kappa shape index (κ1) is 29.8. The van der Waals surface area contributed by atoms with Crippen molar-refractivity contribution in [2.75, 3.05) is 27.4 Å². The molecule has 0 aromatic heterocycles. The lowest BCUT2D eigenvalue weighted by Gasteiger charge is -2.31. The number of hydrogen-bond donors (Lipinski definition) is 1. The van der Waals surface area contributed by atoms with Gasteiger partial charge >= 0.3 is 0 Å². The second-order valence-corrected chi connectivity index (χ2v) is 9.93. The van der Waals surface area contributed by atoms with Crippen LogP contribution < -0.4 is 15.2 Å². The fraction of sp³-hybridized carbons (Fsp3) is 0.731. The van der Waals surface area contributed by atoms with Crippen LogP contribution in [0.2, 0.25) is 0 Å². The number of hydrogen-bond acceptors (Lipinski definition) is 6. The van der Waals surface area contributed by atoms with Crippen LogP contribution in [0.5, 0.6) is 11.5 Å². The Morgan fingerprint density at radius 2 is 1.73 bits per heavy atom. The van der Waals surface area contributed by atoms with Gasteiger partial charge in [0, 0.05) is 41.6 Å². The van der Waals surface area contributed by atoms with Gasteiger partial charge in [-0.25, -0.2) is 0 Å². The molecule has 0 radical (unpaired) electrons. The van der Waals surface area contributed by atoms with Gasteiger partial charge in [-0.3, -0.25) is 4.79 Å². The van der Waals surface area contributed by atoms with E-state index in [0.717, 1.165) is 30.8 Å². The molecular formula is C26H46NO5P. The van der Waals surface area contributed by atoms with E-state index >= 15 is 0 Å². The lowest BCUT2D eigenvalue weighted by molar-refractivity contribution is -0.123. The number of carbonyl (C=O) groups is 1. The number of benzene rings is 1. The van der Waals surface area contributed by atoms with Crippen molar-refractivity contribution in [3.8, 4) is 11.5 Å². The molecule has 33 heavy (non-hydrogen) atoms. The first-order chi connectivity index (χ1) is 15.6. The number of methoxy groups -OCH3 is 2. The molecule has 0 aliphatic carbocycles. The summed E-state index contributed by atoms with van der Waals surface area (Å²) < 4.78 is 22.2. The second kappa shape index (κ2) is 15.7. The standard InChI is InChI=1S/C26H46NO5P/c1-17(2)21(15-23(27)25(32-33)16-22(18(3)4)19(5)28)13-20-9-10-24(30-7)26(14-20)31-12-8-11-29-6/h9-10,14,17-18,21-23,25H,8,11-13,15-16,27,33H2,1-7H3/t21-,22-,23-,25-/m0/s1. The summed E-state index contributed by atoms with van der Waals surface area (Å²) in [4.78, 5) is 12.1. The van der Waals surface area contributed by atoms with Crippen molar-refractivity contribution in [1.82, 2.24) is 0 Å². The smallest absolute Gasteiger partial charge is 0.161 e. The Labute approximate surface area is 203 Å². The average molecular weight is 484 g/mol. The molecule has 1 aromatic carbocycles. The highest BCUT2D eigenvalue weighted by Gasteiger charge is 2.29. The van der Waals surface area contributed by atoms with E-state index in [0.29, 0.717) is 31.5 Å². The monoisotopic (exact) mass is 483 g/mol. The molecule has 0 aliphatic rings. The Morgan fingerprint density at radius 1 is 1.03 bits per heavy atom. The predicted octanol–water partition coefficient (Wildman–Crippen LogP) is 5.07. The minimum atomic E-state index is -0.178. The summed E-state index contributed by atoms with van der Waals surface area (Å²) in [6, 6.07) is 5.97. The summed E-state index contributed by atoms with van der Waals surface area (Å²) in [5, 5.41) is 0. The van der Waals surface area contributed by atoms with E-state index in [9.17, 15) is 4.79 Å². The fourth-order valence-electron chi connectivity index (χ4n) is 4.23. The van der Waals surface area contributed by atoms with Crippen molar-refractivity contribution in [2.45, 2.75) is 72.4 Å². The minimum Gasteiger partial charge on any atom is -0.493 e. The van der Waals surface area contributed by atoms with Crippen LogP contribution in [0.15, 0.2) is 18.2 Å². The largest absolute Gasteiger partial charge is 0.493 e. The first-order valence-electron chi connectivity index (χ1n) is 12.0. The van der Waals surface area contributed by atoms with Gasteiger partial charge in [-0.05, 0) is 61.6 Å². The van der Waals surface area contributed by atoms with Crippen LogP contribution in [0, 0.1) is 23.7 Å². The number of nitrogens with two attached hydrogens (primary N) is 1. The molecule has 1 rings (SSSR count). The molecule has 1 aromatic rings. The third kappa shape index (κ3) is 10.3. The lowest BCUT2D eigenvalue weighted by atomic mass is 9.80. The summed E-state index contributed by atoms with van der Waals surface area (Å²) in [5.74, 6) is 2.72. The van der Waals surface area contributed by atoms with Gasteiger partial charge in [0.05, 0.1) is 19.8 Å². The summed E-state index contributed by atoms with van der Waals surface area (Å²) >= 11 is 0. The quantitative estimate of drug-likeness (QED) is 0.246. The Hall–Kier alpha value is -1.20. The molecule has 2 N–H and O–H groups in total. The highest BCUT2D eigenvalue weighted by Crippen LogP contribution is 2.32. The van der Waals surface area contributed by atoms with Gasteiger partial charge in [0.25, 0.3) is 0 Å². The van der Waals surface area contributed by atoms with Crippen molar-refractivity contribution < 1.29 is 23.5 Å². The number of Topliss-reactive ketones (excluding diaryl/α,β-unsaturated/α-hetero) is 1. The van der Waals surface area contributed by atoms with E-state index in [1.54, 1.807) is 21.1 Å². The molecule has 0 heterocycles.